The smallest absolute Gasteiger partial charge is 0.259 e. The van der Waals surface area contributed by atoms with Crippen LogP contribution in [0.4, 0.5) is 0 Å². The minimum Gasteiger partial charge on any atom is -0.309 e. The molecule has 2 unspecified atom stereocenters. The molecule has 8 heteroatoms. The predicted molar refractivity (Wildman–Crippen MR) is 102 cm³/mol. The van der Waals surface area contributed by atoms with E-state index in [1.807, 2.05) is 18.5 Å². The second kappa shape index (κ2) is 6.92. The minimum absolute atomic E-state index is 0.0186. The Kier molecular flexibility index (Phi) is 4.62. The molecule has 0 spiro atoms. The molecule has 1 aliphatic heterocycles. The highest BCUT2D eigenvalue weighted by Gasteiger charge is 2.26. The monoisotopic (exact) mass is 372 g/mol. The van der Waals surface area contributed by atoms with Gasteiger partial charge in [-0.25, -0.2) is 9.97 Å². The van der Waals surface area contributed by atoms with Gasteiger partial charge in [-0.3, -0.25) is 14.4 Å². The van der Waals surface area contributed by atoms with Gasteiger partial charge < -0.3 is 4.98 Å². The van der Waals surface area contributed by atoms with E-state index in [-0.39, 0.29) is 11.6 Å². The second-order valence-corrected chi connectivity index (χ2v) is 8.41. The average Bonchev–Trinajstić information content (AvgIpc) is 3.23. The van der Waals surface area contributed by atoms with Gasteiger partial charge in [0.2, 0.25) is 0 Å². The molecular formula is C18H24N6OS. The van der Waals surface area contributed by atoms with E-state index in [0.717, 1.165) is 52.5 Å². The molecule has 0 radical (unpaired) electrons. The Bertz CT molecular complexity index is 960. The fourth-order valence-corrected chi connectivity index (χ4v) is 4.87. The van der Waals surface area contributed by atoms with Crippen molar-refractivity contribution in [1.82, 2.24) is 29.6 Å². The van der Waals surface area contributed by atoms with Crippen LogP contribution < -0.4 is 5.56 Å². The normalized spacial score (nSPS) is 19.9. The first-order valence-electron chi connectivity index (χ1n) is 9.09. The predicted octanol–water partition coefficient (Wildman–Crippen LogP) is 2.67. The molecular weight excluding hydrogens is 348 g/mol. The summed E-state index contributed by atoms with van der Waals surface area (Å²) in [4.78, 5) is 28.8. The number of nitrogens with one attached hydrogen (secondary N) is 1. The first kappa shape index (κ1) is 17.4. The molecule has 4 rings (SSSR count). The van der Waals surface area contributed by atoms with Gasteiger partial charge in [-0.2, -0.15) is 5.10 Å². The molecule has 0 bridgehead atoms. The molecule has 0 aliphatic carbocycles. The zero-order valence-corrected chi connectivity index (χ0v) is 16.2. The maximum absolute atomic E-state index is 12.6. The quantitative estimate of drug-likeness (QED) is 0.762. The minimum atomic E-state index is -0.0186. The van der Waals surface area contributed by atoms with Crippen molar-refractivity contribution >= 4 is 21.6 Å². The van der Waals surface area contributed by atoms with E-state index < -0.39 is 0 Å². The molecule has 1 saturated heterocycles. The SMILES string of the molecule is Cc1sc2nc(C(C)N3CCCC(Cn4cncn4)C3)[nH]c(=O)c2c1C. The fourth-order valence-electron chi connectivity index (χ4n) is 3.83. The highest BCUT2D eigenvalue weighted by molar-refractivity contribution is 7.18. The third-order valence-corrected chi connectivity index (χ3v) is 6.56. The number of rotatable bonds is 4. The molecule has 7 nitrogen and oxygen atoms in total. The van der Waals surface area contributed by atoms with E-state index in [2.05, 4.69) is 26.9 Å². The van der Waals surface area contributed by atoms with Crippen LogP contribution in [0.15, 0.2) is 17.4 Å². The molecule has 0 amide bonds. The average molecular weight is 372 g/mol. The third-order valence-electron chi connectivity index (χ3n) is 5.46. The molecule has 1 N–H and O–H groups in total. The van der Waals surface area contributed by atoms with Crippen LogP contribution >= 0.6 is 11.3 Å². The lowest BCUT2D eigenvalue weighted by Gasteiger charge is -2.36. The Labute approximate surface area is 156 Å². The number of piperidine rings is 1. The number of aromatic nitrogens is 5. The van der Waals surface area contributed by atoms with Crippen molar-refractivity contribution < 1.29 is 0 Å². The van der Waals surface area contributed by atoms with E-state index in [9.17, 15) is 4.79 Å². The molecule has 3 aromatic heterocycles. The van der Waals surface area contributed by atoms with E-state index in [1.54, 1.807) is 24.0 Å². The molecule has 3 aromatic rings. The standard InChI is InChI=1S/C18H24N6OS/c1-11-13(3)26-18-15(11)17(25)21-16(22-18)12(2)23-6-4-5-14(7-23)8-24-10-19-9-20-24/h9-10,12,14H,4-8H2,1-3H3,(H,21,22,25). The number of thiophene rings is 1. The summed E-state index contributed by atoms with van der Waals surface area (Å²) in [6, 6.07) is 0.0911. The summed E-state index contributed by atoms with van der Waals surface area (Å²) < 4.78 is 1.90. The molecule has 1 aliphatic rings. The summed E-state index contributed by atoms with van der Waals surface area (Å²) in [5.41, 5.74) is 1.03. The molecule has 2 atom stereocenters. The van der Waals surface area contributed by atoms with Crippen LogP contribution in [0.5, 0.6) is 0 Å². The van der Waals surface area contributed by atoms with E-state index in [1.165, 1.54) is 6.42 Å². The van der Waals surface area contributed by atoms with E-state index in [4.69, 9.17) is 4.98 Å². The number of hydrogen-bond acceptors (Lipinski definition) is 6. The molecule has 1 fully saturated rings. The summed E-state index contributed by atoms with van der Waals surface area (Å²) in [5.74, 6) is 1.31. The number of aryl methyl sites for hydroxylation is 2. The van der Waals surface area contributed by atoms with E-state index in [0.29, 0.717) is 5.92 Å². The lowest BCUT2D eigenvalue weighted by Crippen LogP contribution is -2.39. The summed E-state index contributed by atoms with van der Waals surface area (Å²) in [6.45, 7) is 9.06. The molecule has 26 heavy (non-hydrogen) atoms. The Morgan fingerprint density at radius 1 is 1.42 bits per heavy atom. The number of fused-ring (bicyclic) bond motifs is 1. The van der Waals surface area contributed by atoms with Crippen LogP contribution in [0.25, 0.3) is 10.2 Å². The van der Waals surface area contributed by atoms with Crippen molar-refractivity contribution in [3.8, 4) is 0 Å². The van der Waals surface area contributed by atoms with Crippen molar-refractivity contribution in [2.75, 3.05) is 13.1 Å². The molecule has 0 aromatic carbocycles. The van der Waals surface area contributed by atoms with Gasteiger partial charge in [-0.15, -0.1) is 11.3 Å². The first-order valence-corrected chi connectivity index (χ1v) is 9.91. The Morgan fingerprint density at radius 3 is 3.04 bits per heavy atom. The number of aromatic amines is 1. The van der Waals surface area contributed by atoms with Crippen LogP contribution in [-0.2, 0) is 6.54 Å². The first-order chi connectivity index (χ1) is 12.5. The van der Waals surface area contributed by atoms with Gasteiger partial charge in [0.15, 0.2) is 0 Å². The lowest BCUT2D eigenvalue weighted by molar-refractivity contribution is 0.117. The number of nitrogens with zero attached hydrogens (tertiary/aromatic N) is 5. The van der Waals surface area contributed by atoms with Crippen LogP contribution in [0.3, 0.4) is 0 Å². The zero-order valence-electron chi connectivity index (χ0n) is 15.4. The van der Waals surface area contributed by atoms with E-state index >= 15 is 0 Å². The van der Waals surface area contributed by atoms with Gasteiger partial charge in [0.25, 0.3) is 5.56 Å². The van der Waals surface area contributed by atoms with Gasteiger partial charge in [-0.1, -0.05) is 0 Å². The van der Waals surface area contributed by atoms with Crippen molar-refractivity contribution in [3.05, 3.63) is 39.3 Å². The van der Waals surface area contributed by atoms with Crippen LogP contribution in [0.1, 0.15) is 42.1 Å². The largest absolute Gasteiger partial charge is 0.309 e. The summed E-state index contributed by atoms with van der Waals surface area (Å²) in [6.07, 6.45) is 5.69. The Hall–Kier alpha value is -2.06. The van der Waals surface area contributed by atoms with Gasteiger partial charge in [0.1, 0.15) is 23.3 Å². The number of H-pyrrole nitrogens is 1. The lowest BCUT2D eigenvalue weighted by atomic mass is 9.96. The van der Waals surface area contributed by atoms with Crippen molar-refractivity contribution in [2.45, 2.75) is 46.2 Å². The van der Waals surface area contributed by atoms with Gasteiger partial charge >= 0.3 is 0 Å². The Balaban J connectivity index is 1.55. The van der Waals surface area contributed by atoms with Gasteiger partial charge in [0, 0.05) is 18.0 Å². The zero-order chi connectivity index (χ0) is 18.3. The molecule has 4 heterocycles. The molecule has 138 valence electrons. The highest BCUT2D eigenvalue weighted by atomic mass is 32.1. The van der Waals surface area contributed by atoms with Crippen LogP contribution in [0.2, 0.25) is 0 Å². The highest BCUT2D eigenvalue weighted by Crippen LogP contribution is 2.29. The second-order valence-electron chi connectivity index (χ2n) is 7.21. The van der Waals surface area contributed by atoms with Crippen molar-refractivity contribution in [1.29, 1.82) is 0 Å². The topological polar surface area (TPSA) is 79.7 Å². The van der Waals surface area contributed by atoms with Crippen LogP contribution in [0, 0.1) is 19.8 Å². The van der Waals surface area contributed by atoms with Crippen molar-refractivity contribution in [2.24, 2.45) is 5.92 Å². The van der Waals surface area contributed by atoms with Gasteiger partial charge in [0.05, 0.1) is 11.4 Å². The van der Waals surface area contributed by atoms with Gasteiger partial charge in [-0.05, 0) is 51.6 Å². The maximum atomic E-state index is 12.6. The summed E-state index contributed by atoms with van der Waals surface area (Å²) in [7, 11) is 0. The maximum Gasteiger partial charge on any atom is 0.259 e. The number of hydrogen-bond donors (Lipinski definition) is 1. The third kappa shape index (κ3) is 3.19. The van der Waals surface area contributed by atoms with Crippen LogP contribution in [-0.4, -0.2) is 42.7 Å². The summed E-state index contributed by atoms with van der Waals surface area (Å²) in [5, 5.41) is 4.97. The number of likely N-dealkylation sites (tertiary alicyclic amines) is 1. The fraction of sp³-hybridized carbons (Fsp3) is 0.556. The Morgan fingerprint density at radius 2 is 2.27 bits per heavy atom. The molecule has 0 saturated carbocycles. The summed E-state index contributed by atoms with van der Waals surface area (Å²) >= 11 is 1.61. The van der Waals surface area contributed by atoms with Crippen molar-refractivity contribution in [3.63, 3.8) is 0 Å².